The van der Waals surface area contributed by atoms with Crippen LogP contribution in [0.25, 0.3) is 33.0 Å². The average Bonchev–Trinajstić information content (AvgIpc) is 3.41. The van der Waals surface area contributed by atoms with Gasteiger partial charge in [-0.1, -0.05) is 36.4 Å². The summed E-state index contributed by atoms with van der Waals surface area (Å²) in [7, 11) is 0. The van der Waals surface area contributed by atoms with E-state index in [0.29, 0.717) is 0 Å². The lowest BCUT2D eigenvalue weighted by Crippen LogP contribution is -2.10. The number of aromatic amines is 1. The van der Waals surface area contributed by atoms with Crippen molar-refractivity contribution in [3.8, 4) is 0 Å². The van der Waals surface area contributed by atoms with Gasteiger partial charge in [-0.3, -0.25) is 5.10 Å². The van der Waals surface area contributed by atoms with Gasteiger partial charge in [-0.2, -0.15) is 5.10 Å². The van der Waals surface area contributed by atoms with E-state index in [1.807, 2.05) is 6.20 Å². The SMILES string of the molecule is C1=C2C=C2c2ccccc2C(c2nc3ccc4[nH]ncc4c3c3c2CCCC3)=C1.[HH]. The summed E-state index contributed by atoms with van der Waals surface area (Å²) in [5.41, 5.74) is 12.9. The molecule has 3 aliphatic carbocycles. The van der Waals surface area contributed by atoms with Gasteiger partial charge in [-0.05, 0) is 77.3 Å². The Morgan fingerprint density at radius 1 is 0.862 bits per heavy atom. The highest BCUT2D eigenvalue weighted by Crippen LogP contribution is 2.46. The van der Waals surface area contributed by atoms with Crippen LogP contribution in [-0.2, 0) is 12.8 Å². The molecule has 2 aromatic heterocycles. The molecule has 2 aromatic carbocycles. The number of nitrogens with zero attached hydrogens (tertiary/aromatic N) is 2. The highest BCUT2D eigenvalue weighted by Gasteiger charge is 2.28. The zero-order valence-electron chi connectivity index (χ0n) is 16.0. The van der Waals surface area contributed by atoms with Crippen LogP contribution in [0.3, 0.4) is 0 Å². The number of aryl methyl sites for hydroxylation is 1. The first-order valence-electron chi connectivity index (χ1n) is 10.4. The van der Waals surface area contributed by atoms with Gasteiger partial charge in [0.25, 0.3) is 0 Å². The zero-order valence-corrected chi connectivity index (χ0v) is 16.0. The first-order chi connectivity index (χ1) is 14.4. The Morgan fingerprint density at radius 3 is 2.59 bits per heavy atom. The van der Waals surface area contributed by atoms with E-state index in [2.05, 4.69) is 64.8 Å². The average molecular weight is 375 g/mol. The summed E-state index contributed by atoms with van der Waals surface area (Å²) in [5, 5.41) is 9.90. The molecule has 0 spiro atoms. The van der Waals surface area contributed by atoms with E-state index in [1.54, 1.807) is 0 Å². The molecule has 140 valence electrons. The monoisotopic (exact) mass is 375 g/mol. The van der Waals surface area contributed by atoms with Crippen LogP contribution in [0.2, 0.25) is 0 Å². The van der Waals surface area contributed by atoms with E-state index in [-0.39, 0.29) is 1.43 Å². The molecular formula is C26H21N3. The predicted molar refractivity (Wildman–Crippen MR) is 120 cm³/mol. The van der Waals surface area contributed by atoms with Crippen molar-refractivity contribution >= 4 is 33.0 Å². The quantitative estimate of drug-likeness (QED) is 0.443. The standard InChI is InChI=1S/C26H19N3.H2/c1-2-6-17-16(5-1)20(10-9-15-13-21(15)17)26-19-8-4-3-7-18(19)25-22-14-27-29-23(22)11-12-24(25)28-26;/h1-2,5-6,9-14H,3-4,7-8H2,(H,27,29);1H. The van der Waals surface area contributed by atoms with Crippen molar-refractivity contribution in [2.75, 3.05) is 0 Å². The van der Waals surface area contributed by atoms with Crippen LogP contribution < -0.4 is 0 Å². The number of allylic oxidation sites excluding steroid dienone is 5. The Balaban J connectivity index is 0.00000175. The smallest absolute Gasteiger partial charge is 0.0750 e. The van der Waals surface area contributed by atoms with Crippen LogP contribution in [0.5, 0.6) is 0 Å². The van der Waals surface area contributed by atoms with E-state index in [1.165, 1.54) is 68.3 Å². The number of benzene rings is 2. The number of nitrogens with one attached hydrogen (secondary N) is 1. The normalized spacial score (nSPS) is 17.0. The number of H-pyrrole nitrogens is 1. The maximum absolute atomic E-state index is 5.26. The molecule has 0 amide bonds. The van der Waals surface area contributed by atoms with Crippen LogP contribution in [0.15, 0.2) is 66.4 Å². The van der Waals surface area contributed by atoms with Gasteiger partial charge in [0, 0.05) is 17.8 Å². The van der Waals surface area contributed by atoms with Gasteiger partial charge < -0.3 is 0 Å². The minimum atomic E-state index is 0. The summed E-state index contributed by atoms with van der Waals surface area (Å²) in [5.74, 6) is 0. The molecule has 0 saturated carbocycles. The minimum absolute atomic E-state index is 0. The van der Waals surface area contributed by atoms with Gasteiger partial charge in [-0.15, -0.1) is 0 Å². The molecule has 3 aliphatic rings. The summed E-state index contributed by atoms with van der Waals surface area (Å²) in [6, 6.07) is 13.0. The summed E-state index contributed by atoms with van der Waals surface area (Å²) >= 11 is 0. The van der Waals surface area contributed by atoms with Gasteiger partial charge in [0.15, 0.2) is 0 Å². The molecule has 1 N–H and O–H groups in total. The van der Waals surface area contributed by atoms with Gasteiger partial charge in [0.1, 0.15) is 0 Å². The fourth-order valence-corrected chi connectivity index (χ4v) is 5.18. The van der Waals surface area contributed by atoms with Crippen molar-refractivity contribution < 1.29 is 1.43 Å². The van der Waals surface area contributed by atoms with Gasteiger partial charge in [-0.25, -0.2) is 4.98 Å². The fourth-order valence-electron chi connectivity index (χ4n) is 5.18. The Kier molecular flexibility index (Phi) is 2.95. The van der Waals surface area contributed by atoms with Crippen molar-refractivity contribution in [1.82, 2.24) is 15.2 Å². The lowest BCUT2D eigenvalue weighted by Gasteiger charge is -2.23. The van der Waals surface area contributed by atoms with E-state index < -0.39 is 0 Å². The molecule has 2 heterocycles. The number of pyridine rings is 1. The summed E-state index contributed by atoms with van der Waals surface area (Å²) in [4.78, 5) is 5.26. The molecule has 0 radical (unpaired) electrons. The maximum atomic E-state index is 5.26. The molecule has 4 aromatic rings. The molecule has 0 aliphatic heterocycles. The van der Waals surface area contributed by atoms with Gasteiger partial charge in [0.05, 0.1) is 22.9 Å². The van der Waals surface area contributed by atoms with E-state index in [4.69, 9.17) is 4.98 Å². The number of rotatable bonds is 1. The second-order valence-corrected chi connectivity index (χ2v) is 8.22. The van der Waals surface area contributed by atoms with Crippen LogP contribution in [0.1, 0.15) is 42.2 Å². The van der Waals surface area contributed by atoms with Crippen LogP contribution in [0, 0.1) is 0 Å². The van der Waals surface area contributed by atoms with Crippen molar-refractivity contribution in [3.63, 3.8) is 0 Å². The van der Waals surface area contributed by atoms with Crippen molar-refractivity contribution in [1.29, 1.82) is 0 Å². The predicted octanol–water partition coefficient (Wildman–Crippen LogP) is 6.00. The highest BCUT2D eigenvalue weighted by atomic mass is 15.1. The van der Waals surface area contributed by atoms with Gasteiger partial charge in [0.2, 0.25) is 0 Å². The van der Waals surface area contributed by atoms with E-state index in [9.17, 15) is 0 Å². The third-order valence-corrected chi connectivity index (χ3v) is 6.61. The lowest BCUT2D eigenvalue weighted by atomic mass is 9.83. The number of hydrogen-bond donors (Lipinski definition) is 1. The number of aromatic nitrogens is 3. The van der Waals surface area contributed by atoms with Crippen LogP contribution >= 0.6 is 0 Å². The van der Waals surface area contributed by atoms with Gasteiger partial charge >= 0.3 is 0 Å². The molecule has 0 unspecified atom stereocenters. The molecule has 7 rings (SSSR count). The first-order valence-corrected chi connectivity index (χ1v) is 10.4. The lowest BCUT2D eigenvalue weighted by molar-refractivity contribution is 0.686. The molecule has 3 heteroatoms. The first kappa shape index (κ1) is 15.5. The largest absolute Gasteiger partial charge is 0.278 e. The van der Waals surface area contributed by atoms with Crippen molar-refractivity contribution in [2.24, 2.45) is 0 Å². The number of fused-ring (bicyclic) bond motifs is 8. The third-order valence-electron chi connectivity index (χ3n) is 6.61. The molecular weight excluding hydrogens is 354 g/mol. The second kappa shape index (κ2) is 5.54. The minimum Gasteiger partial charge on any atom is -0.278 e. The molecule has 0 fully saturated rings. The molecule has 3 nitrogen and oxygen atoms in total. The summed E-state index contributed by atoms with van der Waals surface area (Å²) in [6.07, 6.45) is 13.5. The van der Waals surface area contributed by atoms with Crippen molar-refractivity contribution in [2.45, 2.75) is 25.7 Å². The maximum Gasteiger partial charge on any atom is 0.0750 e. The third kappa shape index (κ3) is 2.13. The van der Waals surface area contributed by atoms with Crippen molar-refractivity contribution in [3.05, 3.63) is 94.3 Å². The Labute approximate surface area is 170 Å². The van der Waals surface area contributed by atoms with E-state index >= 15 is 0 Å². The molecule has 29 heavy (non-hydrogen) atoms. The Morgan fingerprint density at radius 2 is 1.69 bits per heavy atom. The van der Waals surface area contributed by atoms with E-state index in [0.717, 1.165) is 23.9 Å². The Hall–Kier alpha value is -3.46. The zero-order chi connectivity index (χ0) is 18.9. The summed E-state index contributed by atoms with van der Waals surface area (Å²) in [6.45, 7) is 0. The Bertz CT molecular complexity index is 1450. The summed E-state index contributed by atoms with van der Waals surface area (Å²) < 4.78 is 0. The molecule has 0 saturated heterocycles. The molecule has 0 atom stereocenters. The van der Waals surface area contributed by atoms with Crippen LogP contribution in [-0.4, -0.2) is 15.2 Å². The second-order valence-electron chi connectivity index (χ2n) is 8.22. The van der Waals surface area contributed by atoms with Crippen LogP contribution in [0.4, 0.5) is 0 Å². The fraction of sp³-hybridized carbons (Fsp3) is 0.154. The topological polar surface area (TPSA) is 41.6 Å². The molecule has 0 bridgehead atoms. The number of hydrogen-bond acceptors (Lipinski definition) is 2. The highest BCUT2D eigenvalue weighted by molar-refractivity contribution is 6.09.